The molecule has 0 saturated heterocycles. The summed E-state index contributed by atoms with van der Waals surface area (Å²) < 4.78 is 9.93. The van der Waals surface area contributed by atoms with Crippen molar-refractivity contribution in [3.05, 3.63) is 41.6 Å². The molecule has 0 amide bonds. The lowest BCUT2D eigenvalue weighted by Crippen LogP contribution is -2.41. The molecule has 0 unspecified atom stereocenters. The Balaban J connectivity index is 3.17. The van der Waals surface area contributed by atoms with Crippen molar-refractivity contribution in [3.63, 3.8) is 0 Å². The van der Waals surface area contributed by atoms with Crippen LogP contribution in [0.1, 0.15) is 13.8 Å². The Hall–Kier alpha value is -1.88. The minimum absolute atomic E-state index is 0.000722. The van der Waals surface area contributed by atoms with Crippen LogP contribution in [0, 0.1) is 0 Å². The van der Waals surface area contributed by atoms with E-state index in [-0.39, 0.29) is 18.8 Å². The SMILES string of the molecule is CCOC(=O)C(=C[Si](C)(C)c1ccccc1)C(=O)OCC. The molecule has 0 heterocycles. The van der Waals surface area contributed by atoms with Crippen molar-refractivity contribution in [2.45, 2.75) is 26.9 Å². The summed E-state index contributed by atoms with van der Waals surface area (Å²) in [6.45, 7) is 8.01. The zero-order valence-electron chi connectivity index (χ0n) is 13.0. The molecule has 0 aliphatic heterocycles. The molecular formula is C16H22O4Si. The molecule has 114 valence electrons. The third-order valence-corrected chi connectivity index (χ3v) is 5.85. The van der Waals surface area contributed by atoms with Gasteiger partial charge in [-0.3, -0.25) is 0 Å². The molecule has 1 rings (SSSR count). The second-order valence-corrected chi connectivity index (χ2v) is 9.40. The maximum Gasteiger partial charge on any atom is 0.344 e. The highest BCUT2D eigenvalue weighted by Crippen LogP contribution is 2.12. The first-order valence-electron chi connectivity index (χ1n) is 7.05. The smallest absolute Gasteiger partial charge is 0.344 e. The first kappa shape index (κ1) is 17.2. The molecule has 4 nitrogen and oxygen atoms in total. The van der Waals surface area contributed by atoms with Gasteiger partial charge in [-0.25, -0.2) is 9.59 Å². The van der Waals surface area contributed by atoms with Crippen LogP contribution in [0.5, 0.6) is 0 Å². The van der Waals surface area contributed by atoms with Crippen molar-refractivity contribution in [2.24, 2.45) is 0 Å². The molecular weight excluding hydrogens is 284 g/mol. The highest BCUT2D eigenvalue weighted by molar-refractivity contribution is 6.94. The molecule has 0 atom stereocenters. The van der Waals surface area contributed by atoms with E-state index in [1.807, 2.05) is 30.3 Å². The van der Waals surface area contributed by atoms with Gasteiger partial charge in [-0.2, -0.15) is 0 Å². The number of esters is 2. The van der Waals surface area contributed by atoms with Crippen LogP contribution in [-0.2, 0) is 19.1 Å². The predicted molar refractivity (Wildman–Crippen MR) is 84.9 cm³/mol. The molecule has 0 fully saturated rings. The fourth-order valence-corrected chi connectivity index (χ4v) is 4.11. The average Bonchev–Trinajstić information content (AvgIpc) is 2.46. The molecule has 0 saturated carbocycles. The zero-order chi connectivity index (χ0) is 15.9. The van der Waals surface area contributed by atoms with E-state index in [9.17, 15) is 9.59 Å². The summed E-state index contributed by atoms with van der Waals surface area (Å²) in [6.07, 6.45) is 0. The van der Waals surface area contributed by atoms with Crippen LogP contribution in [0.4, 0.5) is 0 Å². The van der Waals surface area contributed by atoms with Crippen molar-refractivity contribution in [1.29, 1.82) is 0 Å². The summed E-state index contributed by atoms with van der Waals surface area (Å²) in [5.74, 6) is -1.24. The molecule has 1 aromatic carbocycles. The number of rotatable bonds is 6. The highest BCUT2D eigenvalue weighted by Gasteiger charge is 2.28. The quantitative estimate of drug-likeness (QED) is 0.266. The van der Waals surface area contributed by atoms with Crippen molar-refractivity contribution < 1.29 is 19.1 Å². The summed E-state index contributed by atoms with van der Waals surface area (Å²) in [5, 5.41) is 1.14. The molecule has 0 bridgehead atoms. The van der Waals surface area contributed by atoms with Gasteiger partial charge < -0.3 is 9.47 Å². The monoisotopic (exact) mass is 306 g/mol. The highest BCUT2D eigenvalue weighted by atomic mass is 28.3. The van der Waals surface area contributed by atoms with Gasteiger partial charge >= 0.3 is 11.9 Å². The number of hydrogen-bond donors (Lipinski definition) is 0. The normalized spacial score (nSPS) is 10.7. The maximum atomic E-state index is 12.0. The maximum absolute atomic E-state index is 12.0. The first-order valence-corrected chi connectivity index (χ1v) is 10.1. The van der Waals surface area contributed by atoms with Crippen molar-refractivity contribution in [1.82, 2.24) is 0 Å². The summed E-state index contributed by atoms with van der Waals surface area (Å²) in [4.78, 5) is 24.0. The van der Waals surface area contributed by atoms with E-state index < -0.39 is 20.0 Å². The fraction of sp³-hybridized carbons (Fsp3) is 0.375. The molecule has 0 aliphatic carbocycles. The Morgan fingerprint density at radius 2 is 1.48 bits per heavy atom. The van der Waals surface area contributed by atoms with Gasteiger partial charge in [0.25, 0.3) is 0 Å². The Morgan fingerprint density at radius 1 is 1.00 bits per heavy atom. The minimum Gasteiger partial charge on any atom is -0.462 e. The number of hydrogen-bond acceptors (Lipinski definition) is 4. The molecule has 21 heavy (non-hydrogen) atoms. The molecule has 0 spiro atoms. The van der Waals surface area contributed by atoms with Gasteiger partial charge in [0, 0.05) is 0 Å². The van der Waals surface area contributed by atoms with Crippen LogP contribution in [0.25, 0.3) is 0 Å². The second-order valence-electron chi connectivity index (χ2n) is 5.09. The Bertz CT molecular complexity index is 500. The van der Waals surface area contributed by atoms with E-state index >= 15 is 0 Å². The van der Waals surface area contributed by atoms with E-state index in [0.717, 1.165) is 5.19 Å². The minimum atomic E-state index is -2.09. The van der Waals surface area contributed by atoms with Crippen LogP contribution >= 0.6 is 0 Å². The van der Waals surface area contributed by atoms with Gasteiger partial charge in [0.05, 0.1) is 13.2 Å². The largest absolute Gasteiger partial charge is 0.462 e. The van der Waals surface area contributed by atoms with Gasteiger partial charge in [-0.05, 0) is 13.8 Å². The van der Waals surface area contributed by atoms with Crippen molar-refractivity contribution >= 4 is 25.2 Å². The molecule has 0 N–H and O–H groups in total. The van der Waals surface area contributed by atoms with Gasteiger partial charge in [0.1, 0.15) is 13.6 Å². The third kappa shape index (κ3) is 4.86. The van der Waals surface area contributed by atoms with E-state index in [1.165, 1.54) is 0 Å². The number of benzene rings is 1. The van der Waals surface area contributed by atoms with E-state index in [0.29, 0.717) is 0 Å². The molecule has 0 radical (unpaired) electrons. The standard InChI is InChI=1S/C16H22O4Si/c1-5-19-15(17)14(16(18)20-6-2)12-21(3,4)13-10-8-7-9-11-13/h7-12H,5-6H2,1-4H3. The number of carbonyl (C=O) groups is 2. The molecule has 0 aliphatic rings. The predicted octanol–water partition coefficient (Wildman–Crippen LogP) is 2.19. The van der Waals surface area contributed by atoms with Crippen molar-refractivity contribution in [3.8, 4) is 0 Å². The van der Waals surface area contributed by atoms with Crippen LogP contribution in [-0.4, -0.2) is 33.2 Å². The van der Waals surface area contributed by atoms with Crippen LogP contribution in [0.15, 0.2) is 41.6 Å². The van der Waals surface area contributed by atoms with E-state index in [2.05, 4.69) is 13.1 Å². The lowest BCUT2D eigenvalue weighted by Gasteiger charge is -2.19. The Morgan fingerprint density at radius 3 is 1.90 bits per heavy atom. The second kappa shape index (κ2) is 7.78. The summed E-state index contributed by atoms with van der Waals surface area (Å²) >= 11 is 0. The van der Waals surface area contributed by atoms with Crippen LogP contribution in [0.2, 0.25) is 13.1 Å². The summed E-state index contributed by atoms with van der Waals surface area (Å²) in [6, 6.07) is 9.86. The van der Waals surface area contributed by atoms with Gasteiger partial charge in [0.15, 0.2) is 0 Å². The lowest BCUT2D eigenvalue weighted by atomic mass is 10.3. The fourth-order valence-electron chi connectivity index (χ4n) is 1.93. The molecule has 0 aromatic heterocycles. The first-order chi connectivity index (χ1) is 9.92. The average molecular weight is 306 g/mol. The van der Waals surface area contributed by atoms with E-state index in [1.54, 1.807) is 19.5 Å². The molecule has 5 heteroatoms. The van der Waals surface area contributed by atoms with E-state index in [4.69, 9.17) is 9.47 Å². The van der Waals surface area contributed by atoms with Crippen LogP contribution in [0.3, 0.4) is 0 Å². The zero-order valence-corrected chi connectivity index (χ0v) is 14.0. The van der Waals surface area contributed by atoms with Gasteiger partial charge in [-0.15, -0.1) is 0 Å². The van der Waals surface area contributed by atoms with Gasteiger partial charge in [0.2, 0.25) is 0 Å². The third-order valence-electron chi connectivity index (χ3n) is 3.01. The van der Waals surface area contributed by atoms with Gasteiger partial charge in [-0.1, -0.05) is 54.3 Å². The Labute approximate surface area is 126 Å². The lowest BCUT2D eigenvalue weighted by molar-refractivity contribution is -0.146. The molecule has 1 aromatic rings. The topological polar surface area (TPSA) is 52.6 Å². The number of ether oxygens (including phenoxy) is 2. The summed E-state index contributed by atoms with van der Waals surface area (Å²) in [7, 11) is -2.09. The van der Waals surface area contributed by atoms with Crippen molar-refractivity contribution in [2.75, 3.05) is 13.2 Å². The summed E-state index contributed by atoms with van der Waals surface area (Å²) in [5.41, 5.74) is 1.75. The Kier molecular flexibility index (Phi) is 6.36. The number of carbonyl (C=O) groups excluding carboxylic acids is 2. The van der Waals surface area contributed by atoms with Crippen LogP contribution < -0.4 is 5.19 Å².